The highest BCUT2D eigenvalue weighted by Crippen LogP contribution is 2.42. The zero-order valence-electron chi connectivity index (χ0n) is 18.4. The van der Waals surface area contributed by atoms with E-state index in [4.69, 9.17) is 0 Å². The lowest BCUT2D eigenvalue weighted by atomic mass is 9.71. The van der Waals surface area contributed by atoms with Crippen LogP contribution in [0.25, 0.3) is 0 Å². The molecule has 2 aliphatic heterocycles. The molecule has 3 fully saturated rings. The van der Waals surface area contributed by atoms with E-state index in [-0.39, 0.29) is 0 Å². The molecule has 0 spiro atoms. The van der Waals surface area contributed by atoms with Crippen molar-refractivity contribution < 1.29 is 0 Å². The molecule has 31 heavy (non-hydrogen) atoms. The summed E-state index contributed by atoms with van der Waals surface area (Å²) in [5.74, 6) is 2.42. The number of likely N-dealkylation sites (tertiary alicyclic amines) is 1. The van der Waals surface area contributed by atoms with Crippen LogP contribution in [0.4, 0.5) is 5.82 Å². The van der Waals surface area contributed by atoms with Gasteiger partial charge in [-0.3, -0.25) is 9.80 Å². The van der Waals surface area contributed by atoms with Gasteiger partial charge in [-0.1, -0.05) is 24.3 Å². The number of rotatable bonds is 6. The molecule has 5 rings (SSSR count). The predicted octanol–water partition coefficient (Wildman–Crippen LogP) is 3.86. The molecule has 1 aliphatic carbocycles. The zero-order chi connectivity index (χ0) is 21.0. The van der Waals surface area contributed by atoms with Gasteiger partial charge in [-0.15, -0.1) is 0 Å². The molecule has 5 heteroatoms. The molecule has 3 aliphatic rings. The predicted molar refractivity (Wildman–Crippen MR) is 124 cm³/mol. The number of anilines is 1. The van der Waals surface area contributed by atoms with Gasteiger partial charge >= 0.3 is 0 Å². The van der Waals surface area contributed by atoms with Gasteiger partial charge in [0.05, 0.1) is 5.56 Å². The van der Waals surface area contributed by atoms with Crippen LogP contribution < -0.4 is 4.90 Å². The highest BCUT2D eigenvalue weighted by atomic mass is 15.3. The molecule has 2 saturated heterocycles. The van der Waals surface area contributed by atoms with Crippen LogP contribution in [-0.4, -0.2) is 60.6 Å². The number of piperazine rings is 1. The van der Waals surface area contributed by atoms with Crippen LogP contribution in [0.2, 0.25) is 0 Å². The topological polar surface area (TPSA) is 46.4 Å². The van der Waals surface area contributed by atoms with Crippen molar-refractivity contribution in [2.45, 2.75) is 38.1 Å². The molecule has 0 N–H and O–H groups in total. The van der Waals surface area contributed by atoms with Gasteiger partial charge in [-0.25, -0.2) is 4.98 Å². The molecule has 0 atom stereocenters. The van der Waals surface area contributed by atoms with E-state index in [0.717, 1.165) is 50.4 Å². The minimum Gasteiger partial charge on any atom is -0.353 e. The second-order valence-corrected chi connectivity index (χ2v) is 9.53. The Balaban J connectivity index is 1.06. The number of pyridine rings is 1. The fourth-order valence-electron chi connectivity index (χ4n) is 5.49. The van der Waals surface area contributed by atoms with Crippen LogP contribution in [0.15, 0.2) is 42.6 Å². The quantitative estimate of drug-likeness (QED) is 0.717. The molecular formula is C26H33N5. The third-order valence-electron chi connectivity index (χ3n) is 7.39. The van der Waals surface area contributed by atoms with Gasteiger partial charge in [0, 0.05) is 45.5 Å². The van der Waals surface area contributed by atoms with Crippen molar-refractivity contribution in [3.63, 3.8) is 0 Å². The Morgan fingerprint density at radius 1 is 0.903 bits per heavy atom. The molecule has 1 aromatic carbocycles. The second-order valence-electron chi connectivity index (χ2n) is 9.53. The first-order valence-electron chi connectivity index (χ1n) is 11.9. The third kappa shape index (κ3) is 4.76. The molecular weight excluding hydrogens is 382 g/mol. The van der Waals surface area contributed by atoms with Crippen molar-refractivity contribution in [2.24, 2.45) is 5.92 Å². The maximum Gasteiger partial charge on any atom is 0.146 e. The third-order valence-corrected chi connectivity index (χ3v) is 7.39. The van der Waals surface area contributed by atoms with Crippen LogP contribution in [-0.2, 0) is 6.54 Å². The Labute approximate surface area is 186 Å². The smallest absolute Gasteiger partial charge is 0.146 e. The number of hydrogen-bond donors (Lipinski definition) is 0. The Morgan fingerprint density at radius 3 is 2.35 bits per heavy atom. The lowest BCUT2D eigenvalue weighted by Gasteiger charge is -2.42. The summed E-state index contributed by atoms with van der Waals surface area (Å²) < 4.78 is 0. The standard InChI is InChI=1S/C26H33N5/c27-18-24-4-3-9-28-26(24)31-14-12-30(13-15-31)20-22-16-25(17-22)23-7-5-21(6-8-23)19-29-10-1-2-11-29/h3-9,22,25H,1-2,10-17,19-20H2/t22-,25-. The summed E-state index contributed by atoms with van der Waals surface area (Å²) in [5, 5.41) is 9.33. The average molecular weight is 416 g/mol. The first-order valence-corrected chi connectivity index (χ1v) is 11.9. The molecule has 3 heterocycles. The van der Waals surface area contributed by atoms with Crippen molar-refractivity contribution >= 4 is 5.82 Å². The molecule has 1 saturated carbocycles. The van der Waals surface area contributed by atoms with E-state index < -0.39 is 0 Å². The van der Waals surface area contributed by atoms with Gasteiger partial charge in [0.2, 0.25) is 0 Å². The monoisotopic (exact) mass is 415 g/mol. The van der Waals surface area contributed by atoms with Crippen LogP contribution in [0, 0.1) is 17.2 Å². The fourth-order valence-corrected chi connectivity index (χ4v) is 5.49. The summed E-state index contributed by atoms with van der Waals surface area (Å²) in [6.45, 7) is 8.91. The highest BCUT2D eigenvalue weighted by molar-refractivity contribution is 5.53. The fraction of sp³-hybridized carbons (Fsp3) is 0.538. The summed E-state index contributed by atoms with van der Waals surface area (Å²) >= 11 is 0. The van der Waals surface area contributed by atoms with Gasteiger partial charge in [-0.2, -0.15) is 5.26 Å². The van der Waals surface area contributed by atoms with Crippen LogP contribution >= 0.6 is 0 Å². The largest absolute Gasteiger partial charge is 0.353 e. The zero-order valence-corrected chi connectivity index (χ0v) is 18.4. The van der Waals surface area contributed by atoms with Crippen LogP contribution in [0.5, 0.6) is 0 Å². The van der Waals surface area contributed by atoms with Gasteiger partial charge < -0.3 is 4.90 Å². The number of aromatic nitrogens is 1. The highest BCUT2D eigenvalue weighted by Gasteiger charge is 2.32. The Hall–Kier alpha value is -2.42. The number of nitrogens with zero attached hydrogens (tertiary/aromatic N) is 5. The molecule has 5 nitrogen and oxygen atoms in total. The second kappa shape index (κ2) is 9.38. The summed E-state index contributed by atoms with van der Waals surface area (Å²) in [4.78, 5) is 11.9. The average Bonchev–Trinajstić information content (AvgIpc) is 3.30. The lowest BCUT2D eigenvalue weighted by molar-refractivity contribution is 0.152. The van der Waals surface area contributed by atoms with E-state index in [1.807, 2.05) is 12.1 Å². The lowest BCUT2D eigenvalue weighted by Crippen LogP contribution is -2.49. The molecule has 162 valence electrons. The van der Waals surface area contributed by atoms with Gasteiger partial charge in [-0.05, 0) is 73.9 Å². The molecule has 0 bridgehead atoms. The van der Waals surface area contributed by atoms with Crippen molar-refractivity contribution in [2.75, 3.05) is 50.7 Å². The van der Waals surface area contributed by atoms with Gasteiger partial charge in [0.15, 0.2) is 0 Å². The first kappa shape index (κ1) is 20.5. The van der Waals surface area contributed by atoms with Gasteiger partial charge in [0.1, 0.15) is 11.9 Å². The van der Waals surface area contributed by atoms with E-state index in [1.165, 1.54) is 56.4 Å². The molecule has 0 amide bonds. The SMILES string of the molecule is N#Cc1cccnc1N1CCN(C[C@H]2C[C@H](c3ccc(CN4CCCC4)cc3)C2)CC1. The molecule has 0 radical (unpaired) electrons. The maximum atomic E-state index is 9.33. The Kier molecular flexibility index (Phi) is 6.20. The summed E-state index contributed by atoms with van der Waals surface area (Å²) in [5.41, 5.74) is 3.68. The Morgan fingerprint density at radius 2 is 1.65 bits per heavy atom. The maximum absolute atomic E-state index is 9.33. The number of hydrogen-bond acceptors (Lipinski definition) is 5. The van der Waals surface area contributed by atoms with E-state index in [9.17, 15) is 5.26 Å². The Bertz CT molecular complexity index is 898. The van der Waals surface area contributed by atoms with Crippen LogP contribution in [0.1, 0.15) is 48.3 Å². The minimum atomic E-state index is 0.684. The first-order chi connectivity index (χ1) is 15.3. The molecule has 1 aromatic heterocycles. The van der Waals surface area contributed by atoms with Crippen molar-refractivity contribution in [3.05, 3.63) is 59.3 Å². The van der Waals surface area contributed by atoms with Crippen molar-refractivity contribution in [1.29, 1.82) is 5.26 Å². The van der Waals surface area contributed by atoms with Gasteiger partial charge in [0.25, 0.3) is 0 Å². The van der Waals surface area contributed by atoms with Crippen molar-refractivity contribution in [1.82, 2.24) is 14.8 Å². The van der Waals surface area contributed by atoms with E-state index in [0.29, 0.717) is 5.56 Å². The summed E-state index contributed by atoms with van der Waals surface area (Å²) in [6.07, 6.45) is 7.16. The summed E-state index contributed by atoms with van der Waals surface area (Å²) in [6, 6.07) is 15.4. The van der Waals surface area contributed by atoms with E-state index in [1.54, 1.807) is 6.20 Å². The number of nitriles is 1. The van der Waals surface area contributed by atoms with E-state index in [2.05, 4.69) is 50.0 Å². The van der Waals surface area contributed by atoms with Crippen LogP contribution in [0.3, 0.4) is 0 Å². The minimum absolute atomic E-state index is 0.684. The normalized spacial score (nSPS) is 24.7. The molecule has 0 unspecified atom stereocenters. The number of benzene rings is 1. The summed E-state index contributed by atoms with van der Waals surface area (Å²) in [7, 11) is 0. The van der Waals surface area contributed by atoms with Crippen molar-refractivity contribution in [3.8, 4) is 6.07 Å². The van der Waals surface area contributed by atoms with E-state index >= 15 is 0 Å². The molecule has 2 aromatic rings.